The number of rotatable bonds is 10. The molecule has 2 rings (SSSR count). The van der Waals surface area contributed by atoms with Crippen molar-refractivity contribution in [1.29, 1.82) is 0 Å². The molecule has 0 unspecified atom stereocenters. The monoisotopic (exact) mass is 608 g/mol. The first-order valence-corrected chi connectivity index (χ1v) is 14.4. The highest BCUT2D eigenvalue weighted by atomic mass is 127. The Bertz CT molecular complexity index is 620. The molecule has 2 aromatic carbocycles. The Balaban J connectivity index is 2.45. The topological polar surface area (TPSA) is 18.5 Å². The number of benzene rings is 2. The number of hydrogen-bond acceptors (Lipinski definition) is 2. The van der Waals surface area contributed by atoms with Gasteiger partial charge in [-0.2, -0.15) is 0 Å². The summed E-state index contributed by atoms with van der Waals surface area (Å²) >= 11 is 4.79. The molecule has 0 aliphatic rings. The quantitative estimate of drug-likeness (QED) is 0.210. The lowest BCUT2D eigenvalue weighted by molar-refractivity contribution is 0.0263. The Morgan fingerprint density at radius 3 is 1.78 bits per heavy atom. The smallest absolute Gasteiger partial charge is 0.261 e. The Kier molecular flexibility index (Phi) is 9.74. The van der Waals surface area contributed by atoms with Crippen molar-refractivity contribution in [1.82, 2.24) is 0 Å². The minimum atomic E-state index is -2.46. The first-order chi connectivity index (χ1) is 13.0. The third-order valence-electron chi connectivity index (χ3n) is 4.76. The van der Waals surface area contributed by atoms with Gasteiger partial charge >= 0.3 is 0 Å². The minimum absolute atomic E-state index is 0.00778. The number of halogens is 2. The van der Waals surface area contributed by atoms with E-state index in [1.165, 1.54) is 10.4 Å². The third kappa shape index (κ3) is 6.01. The van der Waals surface area contributed by atoms with E-state index < -0.39 is 8.32 Å². The standard InChI is InChI=1S/C22H30I2O2Si/c1-22(2,3)27(20-10-6-4-7-11-20,21-12-8-5-9-13-21)26-18-19(14-15-23)25-17-16-24/h4-13,19H,14-18H2,1-3H3/t19-/m1/s1. The molecular formula is C22H30I2O2Si. The van der Waals surface area contributed by atoms with Crippen molar-refractivity contribution >= 4 is 63.9 Å². The second kappa shape index (κ2) is 11.3. The molecule has 0 aromatic heterocycles. The molecule has 0 amide bonds. The van der Waals surface area contributed by atoms with Crippen LogP contribution in [0.5, 0.6) is 0 Å². The van der Waals surface area contributed by atoms with Crippen molar-refractivity contribution < 1.29 is 9.16 Å². The van der Waals surface area contributed by atoms with Crippen molar-refractivity contribution in [2.24, 2.45) is 0 Å². The Labute approximate surface area is 192 Å². The second-order valence-electron chi connectivity index (χ2n) is 7.63. The summed E-state index contributed by atoms with van der Waals surface area (Å²) in [7, 11) is -2.46. The average Bonchev–Trinajstić information content (AvgIpc) is 2.67. The van der Waals surface area contributed by atoms with E-state index in [2.05, 4.69) is 127 Å². The van der Waals surface area contributed by atoms with E-state index in [4.69, 9.17) is 9.16 Å². The van der Waals surface area contributed by atoms with Gasteiger partial charge in [-0.25, -0.2) is 0 Å². The highest BCUT2D eigenvalue weighted by molar-refractivity contribution is 14.1. The lowest BCUT2D eigenvalue weighted by Crippen LogP contribution is -2.67. The molecule has 0 saturated carbocycles. The van der Waals surface area contributed by atoms with E-state index >= 15 is 0 Å². The van der Waals surface area contributed by atoms with Crippen molar-refractivity contribution in [2.45, 2.75) is 38.3 Å². The van der Waals surface area contributed by atoms with Gasteiger partial charge < -0.3 is 9.16 Å². The normalized spacial score (nSPS) is 13.5. The summed E-state index contributed by atoms with van der Waals surface area (Å²) < 4.78 is 15.2. The fourth-order valence-electron chi connectivity index (χ4n) is 3.53. The summed E-state index contributed by atoms with van der Waals surface area (Å²) in [5.41, 5.74) is 0. The molecule has 148 valence electrons. The molecule has 0 heterocycles. The van der Waals surface area contributed by atoms with Gasteiger partial charge in [0, 0.05) is 8.86 Å². The summed E-state index contributed by atoms with van der Waals surface area (Å²) in [5.74, 6) is 0. The van der Waals surface area contributed by atoms with Crippen LogP contribution in [0.2, 0.25) is 5.04 Å². The van der Waals surface area contributed by atoms with E-state index in [1.807, 2.05) is 0 Å². The van der Waals surface area contributed by atoms with Gasteiger partial charge in [0.05, 0.1) is 19.3 Å². The molecule has 5 heteroatoms. The molecule has 0 fully saturated rings. The van der Waals surface area contributed by atoms with Crippen molar-refractivity contribution in [3.63, 3.8) is 0 Å². The van der Waals surface area contributed by atoms with Gasteiger partial charge in [0.15, 0.2) is 0 Å². The molecule has 27 heavy (non-hydrogen) atoms. The Hall–Kier alpha value is 0.0369. The number of hydrogen-bond donors (Lipinski definition) is 0. The first-order valence-electron chi connectivity index (χ1n) is 9.44. The summed E-state index contributed by atoms with van der Waals surface area (Å²) in [4.78, 5) is 0. The van der Waals surface area contributed by atoms with Crippen LogP contribution in [0.15, 0.2) is 60.7 Å². The molecule has 0 aliphatic carbocycles. The molecule has 0 N–H and O–H groups in total. The van der Waals surface area contributed by atoms with E-state index in [9.17, 15) is 0 Å². The van der Waals surface area contributed by atoms with Crippen LogP contribution in [0, 0.1) is 0 Å². The average molecular weight is 608 g/mol. The summed E-state index contributed by atoms with van der Waals surface area (Å²) in [6.45, 7) is 8.38. The molecule has 0 bridgehead atoms. The van der Waals surface area contributed by atoms with Crippen LogP contribution in [-0.4, -0.2) is 36.5 Å². The molecule has 0 saturated heterocycles. The van der Waals surface area contributed by atoms with Gasteiger partial charge in [0.25, 0.3) is 8.32 Å². The predicted octanol–water partition coefficient (Wildman–Crippen LogP) is 5.21. The maximum Gasteiger partial charge on any atom is 0.261 e. The van der Waals surface area contributed by atoms with Crippen molar-refractivity contribution in [3.05, 3.63) is 60.7 Å². The highest BCUT2D eigenvalue weighted by Gasteiger charge is 2.50. The fourth-order valence-corrected chi connectivity index (χ4v) is 9.07. The van der Waals surface area contributed by atoms with Crippen molar-refractivity contribution in [2.75, 3.05) is 22.1 Å². The number of alkyl halides is 2. The predicted molar refractivity (Wildman–Crippen MR) is 136 cm³/mol. The zero-order valence-electron chi connectivity index (χ0n) is 16.5. The van der Waals surface area contributed by atoms with Crippen LogP contribution in [0.4, 0.5) is 0 Å². The highest BCUT2D eigenvalue weighted by Crippen LogP contribution is 2.37. The number of ether oxygens (including phenoxy) is 1. The van der Waals surface area contributed by atoms with Gasteiger partial charge in [-0.15, -0.1) is 0 Å². The SMILES string of the molecule is CC(C)(C)[Si](OC[C@@H](CCI)OCCI)(c1ccccc1)c1ccccc1. The van der Waals surface area contributed by atoms with Crippen LogP contribution in [0.1, 0.15) is 27.2 Å². The van der Waals surface area contributed by atoms with Crippen LogP contribution < -0.4 is 10.4 Å². The molecule has 0 aliphatic heterocycles. The molecule has 1 atom stereocenters. The molecule has 2 nitrogen and oxygen atoms in total. The lowest BCUT2D eigenvalue weighted by Gasteiger charge is -2.43. The first kappa shape index (κ1) is 23.3. The summed E-state index contributed by atoms with van der Waals surface area (Å²) in [5, 5.41) is 2.66. The van der Waals surface area contributed by atoms with Gasteiger partial charge in [0.1, 0.15) is 0 Å². The van der Waals surface area contributed by atoms with E-state index in [-0.39, 0.29) is 11.1 Å². The third-order valence-corrected chi connectivity index (χ3v) is 10.8. The zero-order valence-corrected chi connectivity index (χ0v) is 21.8. The van der Waals surface area contributed by atoms with Crippen LogP contribution in [-0.2, 0) is 9.16 Å². The van der Waals surface area contributed by atoms with Crippen LogP contribution in [0.25, 0.3) is 0 Å². The maximum absolute atomic E-state index is 6.99. The summed E-state index contributed by atoms with van der Waals surface area (Å²) in [6.07, 6.45) is 1.17. The van der Waals surface area contributed by atoms with Crippen LogP contribution in [0.3, 0.4) is 0 Å². The molecule has 2 aromatic rings. The largest absolute Gasteiger partial charge is 0.405 e. The van der Waals surface area contributed by atoms with E-state index in [0.717, 1.165) is 21.9 Å². The Morgan fingerprint density at radius 2 is 1.37 bits per heavy atom. The van der Waals surface area contributed by atoms with Gasteiger partial charge in [-0.3, -0.25) is 0 Å². The maximum atomic E-state index is 6.99. The van der Waals surface area contributed by atoms with Crippen molar-refractivity contribution in [3.8, 4) is 0 Å². The van der Waals surface area contributed by atoms with Gasteiger partial charge in [-0.1, -0.05) is 127 Å². The van der Waals surface area contributed by atoms with E-state index in [1.54, 1.807) is 0 Å². The van der Waals surface area contributed by atoms with E-state index in [0.29, 0.717) is 6.61 Å². The minimum Gasteiger partial charge on any atom is -0.405 e. The lowest BCUT2D eigenvalue weighted by atomic mass is 10.2. The molecular weight excluding hydrogens is 578 g/mol. The van der Waals surface area contributed by atoms with Crippen LogP contribution >= 0.6 is 45.2 Å². The van der Waals surface area contributed by atoms with Gasteiger partial charge in [-0.05, 0) is 21.8 Å². The second-order valence-corrected chi connectivity index (χ2v) is 14.1. The molecule has 0 spiro atoms. The molecule has 0 radical (unpaired) electrons. The zero-order chi connectivity index (χ0) is 19.8. The Morgan fingerprint density at radius 1 is 0.852 bits per heavy atom. The van der Waals surface area contributed by atoms with Gasteiger partial charge in [0.2, 0.25) is 0 Å². The summed E-state index contributed by atoms with van der Waals surface area (Å²) in [6, 6.07) is 21.6. The fraction of sp³-hybridized carbons (Fsp3) is 0.455.